The van der Waals surface area contributed by atoms with Gasteiger partial charge in [-0.3, -0.25) is 19.6 Å². The fourth-order valence-electron chi connectivity index (χ4n) is 5.57. The van der Waals surface area contributed by atoms with Crippen molar-refractivity contribution in [2.75, 3.05) is 36.4 Å². The molecule has 38 heavy (non-hydrogen) atoms. The smallest absolute Gasteiger partial charge is 0.257 e. The minimum Gasteiger partial charge on any atom is -0.368 e. The predicted molar refractivity (Wildman–Crippen MR) is 143 cm³/mol. The molecule has 2 saturated heterocycles. The molecule has 5 heterocycles. The Hall–Kier alpha value is -4.08. The summed E-state index contributed by atoms with van der Waals surface area (Å²) in [7, 11) is 0. The number of aromatic nitrogens is 4. The number of benzene rings is 1. The molecular weight excluding hydrogens is 485 g/mol. The SMILES string of the molecule is Cc1cn2cc(NC(=O)c3ccc(N4CC5(CN(C(=O)CC(C)(C)C)C5)C4)c4nccnc34)cc(F)c2n1. The number of anilines is 2. The van der Waals surface area contributed by atoms with Crippen molar-refractivity contribution < 1.29 is 14.0 Å². The van der Waals surface area contributed by atoms with Crippen LogP contribution >= 0.6 is 0 Å². The minimum absolute atomic E-state index is 0.0173. The molecule has 2 amide bonds. The fourth-order valence-corrected chi connectivity index (χ4v) is 5.57. The second-order valence-corrected chi connectivity index (χ2v) is 11.9. The zero-order chi connectivity index (χ0) is 26.8. The maximum Gasteiger partial charge on any atom is 0.257 e. The van der Waals surface area contributed by atoms with Crippen LogP contribution < -0.4 is 10.2 Å². The van der Waals surface area contributed by atoms with E-state index in [1.54, 1.807) is 42.2 Å². The molecule has 3 aromatic heterocycles. The molecule has 0 radical (unpaired) electrons. The molecule has 10 heteroatoms. The molecule has 0 unspecified atom stereocenters. The summed E-state index contributed by atoms with van der Waals surface area (Å²) in [6.45, 7) is 11.2. The molecule has 1 N–H and O–H groups in total. The molecule has 0 aliphatic carbocycles. The molecule has 6 rings (SSSR count). The minimum atomic E-state index is -0.516. The van der Waals surface area contributed by atoms with Crippen molar-refractivity contribution in [1.82, 2.24) is 24.3 Å². The topological polar surface area (TPSA) is 95.7 Å². The number of carbonyl (C=O) groups is 2. The van der Waals surface area contributed by atoms with Gasteiger partial charge in [-0.25, -0.2) is 9.37 Å². The molecule has 0 bridgehead atoms. The number of nitrogens with one attached hydrogen (secondary N) is 1. The molecule has 2 aliphatic heterocycles. The summed E-state index contributed by atoms with van der Waals surface area (Å²) in [6.07, 6.45) is 7.06. The van der Waals surface area contributed by atoms with E-state index in [2.05, 4.69) is 45.9 Å². The van der Waals surface area contributed by atoms with E-state index in [-0.39, 0.29) is 22.4 Å². The first kappa shape index (κ1) is 24.3. The second kappa shape index (κ2) is 8.47. The van der Waals surface area contributed by atoms with Gasteiger partial charge in [-0.2, -0.15) is 0 Å². The van der Waals surface area contributed by atoms with Gasteiger partial charge < -0.3 is 19.5 Å². The highest BCUT2D eigenvalue weighted by Crippen LogP contribution is 2.44. The number of carbonyl (C=O) groups excluding carboxylic acids is 2. The normalized spacial score (nSPS) is 16.6. The highest BCUT2D eigenvalue weighted by Gasteiger charge is 2.53. The second-order valence-electron chi connectivity index (χ2n) is 11.9. The van der Waals surface area contributed by atoms with Gasteiger partial charge in [0.05, 0.1) is 22.6 Å². The Morgan fingerprint density at radius 1 is 1.05 bits per heavy atom. The Balaban J connectivity index is 1.19. The summed E-state index contributed by atoms with van der Waals surface area (Å²) in [6, 6.07) is 4.89. The lowest BCUT2D eigenvalue weighted by atomic mass is 9.72. The maximum absolute atomic E-state index is 14.5. The summed E-state index contributed by atoms with van der Waals surface area (Å²) >= 11 is 0. The van der Waals surface area contributed by atoms with Crippen molar-refractivity contribution in [3.63, 3.8) is 0 Å². The zero-order valence-corrected chi connectivity index (χ0v) is 22.0. The third kappa shape index (κ3) is 4.23. The lowest BCUT2D eigenvalue weighted by Crippen LogP contribution is -2.73. The molecule has 1 aromatic carbocycles. The number of amides is 2. The third-order valence-corrected chi connectivity index (χ3v) is 7.21. The van der Waals surface area contributed by atoms with E-state index in [4.69, 9.17) is 0 Å². The van der Waals surface area contributed by atoms with Crippen LogP contribution in [-0.2, 0) is 4.79 Å². The number of nitrogens with zero attached hydrogens (tertiary/aromatic N) is 6. The van der Waals surface area contributed by atoms with E-state index in [1.807, 2.05) is 11.0 Å². The van der Waals surface area contributed by atoms with Crippen molar-refractivity contribution in [2.24, 2.45) is 10.8 Å². The van der Waals surface area contributed by atoms with E-state index >= 15 is 0 Å². The molecule has 1 spiro atoms. The molecular formula is C28H30FN7O2. The number of fused-ring (bicyclic) bond motifs is 2. The summed E-state index contributed by atoms with van der Waals surface area (Å²) in [5, 5.41) is 2.79. The largest absolute Gasteiger partial charge is 0.368 e. The highest BCUT2D eigenvalue weighted by molar-refractivity contribution is 6.13. The van der Waals surface area contributed by atoms with Crippen molar-refractivity contribution in [1.29, 1.82) is 0 Å². The summed E-state index contributed by atoms with van der Waals surface area (Å²) in [5.41, 5.74) is 3.71. The van der Waals surface area contributed by atoms with Crippen molar-refractivity contribution in [2.45, 2.75) is 34.1 Å². The number of rotatable bonds is 4. The quantitative estimate of drug-likeness (QED) is 0.440. The Bertz CT molecular complexity index is 1590. The molecule has 0 atom stereocenters. The van der Waals surface area contributed by atoms with Crippen LogP contribution in [0.15, 0.2) is 43.0 Å². The number of likely N-dealkylation sites (tertiary alicyclic amines) is 1. The number of imidazole rings is 1. The Labute approximate surface area is 219 Å². The molecule has 0 saturated carbocycles. The van der Waals surface area contributed by atoms with E-state index in [9.17, 15) is 14.0 Å². The first-order chi connectivity index (χ1) is 18.0. The standard InChI is InChI=1S/C28H30FN7O2/c1-17-11-34-12-18(9-20(29)25(34)32-17)33-26(38)19-5-6-21(24-23(19)30-7-8-31-24)35-13-28(14-35)15-36(16-28)22(37)10-27(2,3)4/h5-9,11-12H,10,13-16H2,1-4H3,(H,33,38). The number of halogens is 1. The average molecular weight is 516 g/mol. The fraction of sp³-hybridized carbons (Fsp3) is 0.393. The van der Waals surface area contributed by atoms with E-state index in [1.165, 1.54) is 6.07 Å². The third-order valence-electron chi connectivity index (χ3n) is 7.21. The van der Waals surface area contributed by atoms with Crippen LogP contribution in [0.3, 0.4) is 0 Å². The number of hydrogen-bond acceptors (Lipinski definition) is 6. The van der Waals surface area contributed by atoms with Gasteiger partial charge in [-0.15, -0.1) is 0 Å². The van der Waals surface area contributed by atoms with Crippen LogP contribution in [0.2, 0.25) is 0 Å². The van der Waals surface area contributed by atoms with Gasteiger partial charge in [0.15, 0.2) is 11.5 Å². The van der Waals surface area contributed by atoms with Crippen LogP contribution in [0, 0.1) is 23.6 Å². The van der Waals surface area contributed by atoms with Gasteiger partial charge >= 0.3 is 0 Å². The first-order valence-corrected chi connectivity index (χ1v) is 12.7. The van der Waals surface area contributed by atoms with Crippen molar-refractivity contribution in [3.05, 3.63) is 60.1 Å². The summed E-state index contributed by atoms with van der Waals surface area (Å²) < 4.78 is 16.1. The van der Waals surface area contributed by atoms with E-state index < -0.39 is 11.7 Å². The van der Waals surface area contributed by atoms with Gasteiger partial charge in [-0.05, 0) is 24.5 Å². The number of hydrogen-bond donors (Lipinski definition) is 1. The van der Waals surface area contributed by atoms with Gasteiger partial charge in [0.1, 0.15) is 11.0 Å². The van der Waals surface area contributed by atoms with E-state index in [0.29, 0.717) is 34.4 Å². The summed E-state index contributed by atoms with van der Waals surface area (Å²) in [5.74, 6) is -0.697. The highest BCUT2D eigenvalue weighted by atomic mass is 19.1. The van der Waals surface area contributed by atoms with Crippen LogP contribution in [0.4, 0.5) is 15.8 Å². The Kier molecular flexibility index (Phi) is 5.41. The molecule has 2 aliphatic rings. The molecule has 2 fully saturated rings. The lowest BCUT2D eigenvalue weighted by molar-refractivity contribution is -0.147. The van der Waals surface area contributed by atoms with Gasteiger partial charge in [0.25, 0.3) is 5.91 Å². The average Bonchev–Trinajstić information content (AvgIpc) is 3.16. The number of pyridine rings is 1. The van der Waals surface area contributed by atoms with Crippen LogP contribution in [-0.4, -0.2) is 62.2 Å². The van der Waals surface area contributed by atoms with Gasteiger partial charge in [-0.1, -0.05) is 20.8 Å². The maximum atomic E-state index is 14.5. The van der Waals surface area contributed by atoms with Gasteiger partial charge in [0, 0.05) is 68.9 Å². The summed E-state index contributed by atoms with van der Waals surface area (Å²) in [4.78, 5) is 43.1. The van der Waals surface area contributed by atoms with Crippen LogP contribution in [0.5, 0.6) is 0 Å². The monoisotopic (exact) mass is 515 g/mol. The van der Waals surface area contributed by atoms with Crippen molar-refractivity contribution in [3.8, 4) is 0 Å². The first-order valence-electron chi connectivity index (χ1n) is 12.7. The number of aryl methyl sites for hydroxylation is 1. The predicted octanol–water partition coefficient (Wildman–Crippen LogP) is 4.06. The van der Waals surface area contributed by atoms with Crippen LogP contribution in [0.25, 0.3) is 16.7 Å². The molecule has 196 valence electrons. The van der Waals surface area contributed by atoms with Crippen molar-refractivity contribution >= 4 is 39.9 Å². The Morgan fingerprint density at radius 3 is 2.47 bits per heavy atom. The van der Waals surface area contributed by atoms with E-state index in [0.717, 1.165) is 31.9 Å². The molecule has 4 aromatic rings. The zero-order valence-electron chi connectivity index (χ0n) is 22.0. The van der Waals surface area contributed by atoms with Crippen LogP contribution in [0.1, 0.15) is 43.2 Å². The lowest BCUT2D eigenvalue weighted by Gasteiger charge is -2.61. The molecule has 9 nitrogen and oxygen atoms in total. The van der Waals surface area contributed by atoms with Gasteiger partial charge in [0.2, 0.25) is 5.91 Å². The Morgan fingerprint density at radius 2 is 1.76 bits per heavy atom.